The van der Waals surface area contributed by atoms with E-state index in [0.29, 0.717) is 23.6 Å². The van der Waals surface area contributed by atoms with Gasteiger partial charge in [-0.3, -0.25) is 0 Å². The van der Waals surface area contributed by atoms with Crippen molar-refractivity contribution in [3.63, 3.8) is 0 Å². The minimum atomic E-state index is -4.32. The van der Waals surface area contributed by atoms with E-state index in [9.17, 15) is 13.2 Å². The van der Waals surface area contributed by atoms with Crippen molar-refractivity contribution in [3.8, 4) is 0 Å². The van der Waals surface area contributed by atoms with Gasteiger partial charge in [-0.15, -0.1) is 0 Å². The van der Waals surface area contributed by atoms with E-state index in [1.807, 2.05) is 32.0 Å². The van der Waals surface area contributed by atoms with E-state index in [1.54, 1.807) is 6.07 Å². The third-order valence-electron chi connectivity index (χ3n) is 3.72. The minimum Gasteiger partial charge on any atom is -0.362 e. The summed E-state index contributed by atoms with van der Waals surface area (Å²) in [5.41, 5.74) is 3.23. The second-order valence-corrected chi connectivity index (χ2v) is 6.04. The summed E-state index contributed by atoms with van der Waals surface area (Å²) in [4.78, 5) is 0. The van der Waals surface area contributed by atoms with Crippen LogP contribution in [0.5, 0.6) is 0 Å². The maximum atomic E-state index is 12.7. The highest BCUT2D eigenvalue weighted by atomic mass is 32.1. The van der Waals surface area contributed by atoms with Gasteiger partial charge in [-0.1, -0.05) is 24.3 Å². The van der Waals surface area contributed by atoms with Gasteiger partial charge in [0.15, 0.2) is 5.11 Å². The Bertz CT molecular complexity index is 726. The van der Waals surface area contributed by atoms with Crippen molar-refractivity contribution in [2.24, 2.45) is 0 Å². The lowest BCUT2D eigenvalue weighted by atomic mass is 10.1. The van der Waals surface area contributed by atoms with Gasteiger partial charge in [0.25, 0.3) is 0 Å². The molecule has 0 aliphatic rings. The zero-order valence-corrected chi connectivity index (χ0v) is 14.3. The quantitative estimate of drug-likeness (QED) is 0.769. The summed E-state index contributed by atoms with van der Waals surface area (Å²) in [5.74, 6) is 0. The highest BCUT2D eigenvalue weighted by molar-refractivity contribution is 7.80. The van der Waals surface area contributed by atoms with Gasteiger partial charge in [0.05, 0.1) is 5.56 Å². The number of thiocarbonyl (C=S) groups is 1. The van der Waals surface area contributed by atoms with Crippen molar-refractivity contribution in [2.45, 2.75) is 26.4 Å². The van der Waals surface area contributed by atoms with Crippen LogP contribution in [-0.4, -0.2) is 11.7 Å². The fourth-order valence-electron chi connectivity index (χ4n) is 2.22. The van der Waals surface area contributed by atoms with Gasteiger partial charge < -0.3 is 10.6 Å². The van der Waals surface area contributed by atoms with E-state index in [4.69, 9.17) is 12.2 Å². The Morgan fingerprint density at radius 3 is 2.46 bits per heavy atom. The molecule has 128 valence electrons. The highest BCUT2D eigenvalue weighted by Crippen LogP contribution is 2.29. The van der Waals surface area contributed by atoms with E-state index in [2.05, 4.69) is 10.6 Å². The van der Waals surface area contributed by atoms with Crippen molar-refractivity contribution in [1.29, 1.82) is 0 Å². The molecular formula is C18H19F3N2S. The van der Waals surface area contributed by atoms with Crippen LogP contribution >= 0.6 is 12.2 Å². The molecule has 0 bridgehead atoms. The molecule has 0 unspecified atom stereocenters. The summed E-state index contributed by atoms with van der Waals surface area (Å²) >= 11 is 5.21. The molecule has 2 aromatic rings. The number of nitrogens with one attached hydrogen (secondary N) is 2. The van der Waals surface area contributed by atoms with E-state index in [-0.39, 0.29) is 0 Å². The van der Waals surface area contributed by atoms with E-state index < -0.39 is 11.7 Å². The Labute approximate surface area is 145 Å². The Morgan fingerprint density at radius 2 is 1.79 bits per heavy atom. The Hall–Kier alpha value is -2.08. The van der Waals surface area contributed by atoms with Crippen molar-refractivity contribution in [1.82, 2.24) is 5.32 Å². The molecule has 0 aromatic heterocycles. The molecule has 0 aliphatic carbocycles. The summed E-state index contributed by atoms with van der Waals surface area (Å²) < 4.78 is 38.0. The number of hydrogen-bond donors (Lipinski definition) is 2. The largest absolute Gasteiger partial charge is 0.416 e. The van der Waals surface area contributed by atoms with Gasteiger partial charge in [0, 0.05) is 12.2 Å². The first-order valence-electron chi connectivity index (χ1n) is 7.54. The Kier molecular flexibility index (Phi) is 5.83. The monoisotopic (exact) mass is 352 g/mol. The number of anilines is 1. The van der Waals surface area contributed by atoms with Gasteiger partial charge in [0.2, 0.25) is 0 Å². The normalized spacial score (nSPS) is 11.2. The van der Waals surface area contributed by atoms with Crippen LogP contribution in [0.15, 0.2) is 42.5 Å². The Morgan fingerprint density at radius 1 is 1.04 bits per heavy atom. The van der Waals surface area contributed by atoms with Crippen LogP contribution < -0.4 is 10.6 Å². The maximum Gasteiger partial charge on any atom is 0.416 e. The standard InChI is InChI=1S/C18H19F3N2S/c1-12-6-7-16(10-13(12)2)23-17(24)22-9-8-14-4-3-5-15(11-14)18(19,20)21/h3-7,10-11H,8-9H2,1-2H3,(H2,22,23,24). The van der Waals surface area contributed by atoms with E-state index in [1.165, 1.54) is 17.7 Å². The van der Waals surface area contributed by atoms with Gasteiger partial charge in [-0.05, 0) is 67.4 Å². The average molecular weight is 352 g/mol. The van der Waals surface area contributed by atoms with Crippen LogP contribution in [-0.2, 0) is 12.6 Å². The van der Waals surface area contributed by atoms with Crippen LogP contribution in [0.25, 0.3) is 0 Å². The molecule has 0 spiro atoms. The molecular weight excluding hydrogens is 333 g/mol. The SMILES string of the molecule is Cc1ccc(NC(=S)NCCc2cccc(C(F)(F)F)c2)cc1C. The van der Waals surface area contributed by atoms with E-state index >= 15 is 0 Å². The van der Waals surface area contributed by atoms with Crippen LogP contribution in [0.3, 0.4) is 0 Å². The molecule has 2 aromatic carbocycles. The average Bonchev–Trinajstić information content (AvgIpc) is 2.50. The highest BCUT2D eigenvalue weighted by Gasteiger charge is 2.30. The molecule has 2 rings (SSSR count). The van der Waals surface area contributed by atoms with Crippen molar-refractivity contribution in [2.75, 3.05) is 11.9 Å². The van der Waals surface area contributed by atoms with Crippen LogP contribution in [0.4, 0.5) is 18.9 Å². The lowest BCUT2D eigenvalue weighted by molar-refractivity contribution is -0.137. The van der Waals surface area contributed by atoms with Crippen LogP contribution in [0, 0.1) is 13.8 Å². The first kappa shape index (κ1) is 18.3. The summed E-state index contributed by atoms with van der Waals surface area (Å²) in [6.45, 7) is 4.51. The number of rotatable bonds is 4. The number of alkyl halides is 3. The van der Waals surface area contributed by atoms with Gasteiger partial charge in [-0.25, -0.2) is 0 Å². The number of aryl methyl sites for hydroxylation is 2. The van der Waals surface area contributed by atoms with Crippen molar-refractivity contribution in [3.05, 3.63) is 64.7 Å². The summed E-state index contributed by atoms with van der Waals surface area (Å²) in [7, 11) is 0. The van der Waals surface area contributed by atoms with Crippen LogP contribution in [0.1, 0.15) is 22.3 Å². The molecule has 0 radical (unpaired) electrons. The molecule has 0 saturated heterocycles. The molecule has 0 saturated carbocycles. The molecule has 0 amide bonds. The summed E-state index contributed by atoms with van der Waals surface area (Å²) in [6.07, 6.45) is -3.86. The van der Waals surface area contributed by atoms with Crippen molar-refractivity contribution < 1.29 is 13.2 Å². The lowest BCUT2D eigenvalue weighted by Gasteiger charge is -2.12. The molecule has 24 heavy (non-hydrogen) atoms. The molecule has 6 heteroatoms. The first-order chi connectivity index (χ1) is 11.3. The second kappa shape index (κ2) is 7.66. The topological polar surface area (TPSA) is 24.1 Å². The van der Waals surface area contributed by atoms with Crippen LogP contribution in [0.2, 0.25) is 0 Å². The lowest BCUT2D eigenvalue weighted by Crippen LogP contribution is -2.30. The minimum absolute atomic E-state index is 0.449. The number of hydrogen-bond acceptors (Lipinski definition) is 1. The second-order valence-electron chi connectivity index (χ2n) is 5.63. The van der Waals surface area contributed by atoms with E-state index in [0.717, 1.165) is 17.3 Å². The van der Waals surface area contributed by atoms with Crippen molar-refractivity contribution >= 4 is 23.0 Å². The summed E-state index contributed by atoms with van der Waals surface area (Å²) in [6, 6.07) is 11.3. The van der Waals surface area contributed by atoms with Gasteiger partial charge in [0.1, 0.15) is 0 Å². The molecule has 0 atom stereocenters. The first-order valence-corrected chi connectivity index (χ1v) is 7.95. The van der Waals surface area contributed by atoms with Gasteiger partial charge in [-0.2, -0.15) is 13.2 Å². The fourth-order valence-corrected chi connectivity index (χ4v) is 2.44. The number of halogens is 3. The molecule has 0 fully saturated rings. The number of benzene rings is 2. The molecule has 0 aliphatic heterocycles. The maximum absolute atomic E-state index is 12.7. The predicted molar refractivity (Wildman–Crippen MR) is 95.3 cm³/mol. The molecule has 2 N–H and O–H groups in total. The smallest absolute Gasteiger partial charge is 0.362 e. The third-order valence-corrected chi connectivity index (χ3v) is 3.96. The zero-order valence-electron chi connectivity index (χ0n) is 13.5. The molecule has 0 heterocycles. The zero-order chi connectivity index (χ0) is 17.7. The predicted octanol–water partition coefficient (Wildman–Crippen LogP) is 4.85. The Balaban J connectivity index is 1.85. The third kappa shape index (κ3) is 5.23. The fraction of sp³-hybridized carbons (Fsp3) is 0.278. The molecule has 2 nitrogen and oxygen atoms in total. The van der Waals surface area contributed by atoms with Gasteiger partial charge >= 0.3 is 6.18 Å². The summed E-state index contributed by atoms with van der Waals surface area (Å²) in [5, 5.41) is 6.53.